The summed E-state index contributed by atoms with van der Waals surface area (Å²) in [7, 11) is 0. The number of ether oxygens (including phenoxy) is 1. The molecule has 0 saturated heterocycles. The molecule has 1 aromatic heterocycles. The Hall–Kier alpha value is -3.85. The highest BCUT2D eigenvalue weighted by Crippen LogP contribution is 2.29. The molecule has 0 saturated carbocycles. The summed E-state index contributed by atoms with van der Waals surface area (Å²) >= 11 is 6.50. The van der Waals surface area contributed by atoms with E-state index in [4.69, 9.17) is 16.3 Å². The normalized spacial score (nSPS) is 13.1. The Morgan fingerprint density at radius 3 is 2.68 bits per heavy atom. The molecule has 3 amide bonds. The number of amides is 3. The molecule has 3 aromatic rings. The van der Waals surface area contributed by atoms with Gasteiger partial charge in [-0.05, 0) is 42.8 Å². The molecule has 9 nitrogen and oxygen atoms in total. The molecule has 0 fully saturated rings. The van der Waals surface area contributed by atoms with Crippen LogP contribution in [-0.4, -0.2) is 58.8 Å². The van der Waals surface area contributed by atoms with Gasteiger partial charge in [0.1, 0.15) is 6.54 Å². The summed E-state index contributed by atoms with van der Waals surface area (Å²) in [6.07, 6.45) is 3.45. The van der Waals surface area contributed by atoms with Gasteiger partial charge in [-0.25, -0.2) is 9.48 Å². The first-order valence-corrected chi connectivity index (χ1v) is 11.2. The minimum absolute atomic E-state index is 0.217. The van der Waals surface area contributed by atoms with Gasteiger partial charge >= 0.3 is 12.0 Å². The maximum atomic E-state index is 13.5. The first-order chi connectivity index (χ1) is 16.5. The summed E-state index contributed by atoms with van der Waals surface area (Å²) in [4.78, 5) is 41.0. The Morgan fingerprint density at radius 2 is 1.94 bits per heavy atom. The van der Waals surface area contributed by atoms with Crippen molar-refractivity contribution in [2.24, 2.45) is 0 Å². The lowest BCUT2D eigenvalue weighted by atomic mass is 10.1. The Bertz CT molecular complexity index is 1200. The van der Waals surface area contributed by atoms with Crippen LogP contribution in [0.3, 0.4) is 0 Å². The third-order valence-electron chi connectivity index (χ3n) is 5.41. The van der Waals surface area contributed by atoms with E-state index < -0.39 is 12.0 Å². The fourth-order valence-electron chi connectivity index (χ4n) is 3.78. The third-order valence-corrected chi connectivity index (χ3v) is 5.72. The van der Waals surface area contributed by atoms with E-state index >= 15 is 0 Å². The second-order valence-corrected chi connectivity index (χ2v) is 7.99. The molecule has 1 N–H and O–H groups in total. The summed E-state index contributed by atoms with van der Waals surface area (Å²) < 4.78 is 6.52. The molecule has 10 heteroatoms. The highest BCUT2D eigenvalue weighted by Gasteiger charge is 2.28. The number of nitrogens with zero attached hydrogens (tertiary/aromatic N) is 4. The van der Waals surface area contributed by atoms with E-state index in [-0.39, 0.29) is 32.1 Å². The van der Waals surface area contributed by atoms with E-state index in [1.165, 1.54) is 0 Å². The Balaban J connectivity index is 1.55. The van der Waals surface area contributed by atoms with Crippen LogP contribution in [0.15, 0.2) is 60.9 Å². The van der Waals surface area contributed by atoms with Gasteiger partial charge in [0.05, 0.1) is 22.9 Å². The summed E-state index contributed by atoms with van der Waals surface area (Å²) in [5, 5.41) is 7.07. The Morgan fingerprint density at radius 1 is 1.12 bits per heavy atom. The van der Waals surface area contributed by atoms with Gasteiger partial charge in [0.25, 0.3) is 5.91 Å². The molecule has 1 aliphatic rings. The maximum absolute atomic E-state index is 13.5. The quantitative estimate of drug-likeness (QED) is 0.564. The van der Waals surface area contributed by atoms with Crippen molar-refractivity contribution in [1.82, 2.24) is 20.0 Å². The van der Waals surface area contributed by atoms with E-state index in [9.17, 15) is 14.4 Å². The monoisotopic (exact) mass is 481 g/mol. The number of aromatic nitrogens is 2. The van der Waals surface area contributed by atoms with Crippen molar-refractivity contribution < 1.29 is 19.1 Å². The van der Waals surface area contributed by atoms with Crippen molar-refractivity contribution in [2.75, 3.05) is 31.1 Å². The number of carbonyl (C=O) groups is 3. The smallest absolute Gasteiger partial charge is 0.325 e. The van der Waals surface area contributed by atoms with Crippen LogP contribution < -0.4 is 10.2 Å². The standard InChI is InChI=1S/C24H24ClN5O4/c1-2-34-22(31)15-26-24(33)28-12-13-29(21-7-4-3-6-17(21)16-28)23(32)19-9-8-18(14-20(19)25)30-11-5-10-27-30/h3-11,14H,2,12-13,15-16H2,1H3,(H,26,33). The lowest BCUT2D eigenvalue weighted by molar-refractivity contribution is -0.141. The van der Waals surface area contributed by atoms with Gasteiger partial charge in [0.15, 0.2) is 0 Å². The number of rotatable bonds is 5. The van der Waals surface area contributed by atoms with Gasteiger partial charge in [-0.3, -0.25) is 9.59 Å². The molecule has 0 bridgehead atoms. The topological polar surface area (TPSA) is 96.8 Å². The second-order valence-electron chi connectivity index (χ2n) is 7.59. The molecular weight excluding hydrogens is 458 g/mol. The van der Waals surface area contributed by atoms with E-state index in [1.807, 2.05) is 24.3 Å². The van der Waals surface area contributed by atoms with Crippen LogP contribution in [0.25, 0.3) is 5.69 Å². The molecule has 176 valence electrons. The summed E-state index contributed by atoms with van der Waals surface area (Å²) in [5.74, 6) is -0.769. The van der Waals surface area contributed by atoms with Crippen LogP contribution in [-0.2, 0) is 16.1 Å². The zero-order chi connectivity index (χ0) is 24.1. The van der Waals surface area contributed by atoms with Crippen molar-refractivity contribution >= 4 is 35.2 Å². The largest absolute Gasteiger partial charge is 0.465 e. The lowest BCUT2D eigenvalue weighted by Gasteiger charge is -2.24. The molecule has 2 heterocycles. The second kappa shape index (κ2) is 10.4. The zero-order valence-electron chi connectivity index (χ0n) is 18.6. The molecular formula is C24H24ClN5O4. The molecule has 0 atom stereocenters. The number of hydrogen-bond acceptors (Lipinski definition) is 5. The van der Waals surface area contributed by atoms with Crippen molar-refractivity contribution in [3.8, 4) is 5.69 Å². The fraction of sp³-hybridized carbons (Fsp3) is 0.250. The number of nitrogens with one attached hydrogen (secondary N) is 1. The van der Waals surface area contributed by atoms with Crippen LogP contribution in [0, 0.1) is 0 Å². The van der Waals surface area contributed by atoms with Gasteiger partial charge < -0.3 is 19.9 Å². The number of halogens is 1. The van der Waals surface area contributed by atoms with Crippen LogP contribution in [0.2, 0.25) is 5.02 Å². The molecule has 1 aliphatic heterocycles. The minimum Gasteiger partial charge on any atom is -0.465 e. The number of esters is 1. The molecule has 34 heavy (non-hydrogen) atoms. The minimum atomic E-state index is -0.504. The van der Waals surface area contributed by atoms with Crippen molar-refractivity contribution in [3.05, 3.63) is 77.1 Å². The number of hydrogen-bond donors (Lipinski definition) is 1. The number of benzene rings is 2. The van der Waals surface area contributed by atoms with Crippen molar-refractivity contribution in [1.29, 1.82) is 0 Å². The number of para-hydroxylation sites is 1. The van der Waals surface area contributed by atoms with Crippen LogP contribution in [0.5, 0.6) is 0 Å². The number of urea groups is 1. The molecule has 0 aliphatic carbocycles. The lowest BCUT2D eigenvalue weighted by Crippen LogP contribution is -2.44. The van der Waals surface area contributed by atoms with E-state index in [1.54, 1.807) is 58.1 Å². The first-order valence-electron chi connectivity index (χ1n) is 10.9. The van der Waals surface area contributed by atoms with Gasteiger partial charge in [0.2, 0.25) is 0 Å². The average Bonchev–Trinajstić information content (AvgIpc) is 3.30. The fourth-order valence-corrected chi connectivity index (χ4v) is 4.03. The van der Waals surface area contributed by atoms with Crippen molar-refractivity contribution in [2.45, 2.75) is 13.5 Å². The SMILES string of the molecule is CCOC(=O)CNC(=O)N1CCN(C(=O)c2ccc(-n3cccn3)cc2Cl)c2ccccc2C1. The number of anilines is 1. The van der Waals surface area contributed by atoms with Gasteiger partial charge in [-0.1, -0.05) is 29.8 Å². The molecule has 4 rings (SSSR count). The van der Waals surface area contributed by atoms with Crippen LogP contribution >= 0.6 is 11.6 Å². The maximum Gasteiger partial charge on any atom is 0.325 e. The van der Waals surface area contributed by atoms with E-state index in [0.717, 1.165) is 11.3 Å². The Labute approximate surface area is 201 Å². The summed E-state index contributed by atoms with van der Waals surface area (Å²) in [5.41, 5.74) is 2.61. The van der Waals surface area contributed by atoms with Crippen LogP contribution in [0.4, 0.5) is 10.5 Å². The van der Waals surface area contributed by atoms with E-state index in [0.29, 0.717) is 22.8 Å². The first kappa shape index (κ1) is 23.3. The third kappa shape index (κ3) is 5.04. The van der Waals surface area contributed by atoms with Gasteiger partial charge in [0, 0.05) is 37.7 Å². The Kier molecular flexibility index (Phi) is 7.12. The highest BCUT2D eigenvalue weighted by molar-refractivity contribution is 6.34. The number of carbonyl (C=O) groups excluding carboxylic acids is 3. The van der Waals surface area contributed by atoms with Crippen molar-refractivity contribution in [3.63, 3.8) is 0 Å². The molecule has 0 unspecified atom stereocenters. The van der Waals surface area contributed by atoms with Crippen LogP contribution in [0.1, 0.15) is 22.8 Å². The molecule has 0 radical (unpaired) electrons. The predicted molar refractivity (Wildman–Crippen MR) is 127 cm³/mol. The summed E-state index contributed by atoms with van der Waals surface area (Å²) in [6, 6.07) is 14.0. The predicted octanol–water partition coefficient (Wildman–Crippen LogP) is 3.26. The highest BCUT2D eigenvalue weighted by atomic mass is 35.5. The average molecular weight is 482 g/mol. The van der Waals surface area contributed by atoms with Gasteiger partial charge in [-0.2, -0.15) is 5.10 Å². The van der Waals surface area contributed by atoms with Gasteiger partial charge in [-0.15, -0.1) is 0 Å². The molecule has 2 aromatic carbocycles. The van der Waals surface area contributed by atoms with E-state index in [2.05, 4.69) is 10.4 Å². The zero-order valence-corrected chi connectivity index (χ0v) is 19.4. The molecule has 0 spiro atoms. The summed E-state index contributed by atoms with van der Waals surface area (Å²) in [6.45, 7) is 2.56. The number of fused-ring (bicyclic) bond motifs is 1.